The van der Waals surface area contributed by atoms with Gasteiger partial charge in [0.1, 0.15) is 5.60 Å². The second kappa shape index (κ2) is 9.84. The fourth-order valence-electron chi connectivity index (χ4n) is 1.42. The second-order valence-corrected chi connectivity index (χ2v) is 6.10. The Bertz CT molecular complexity index is 498. The number of guanidine groups is 1. The number of allylic oxidation sites excluding steroid dienone is 1. The first-order chi connectivity index (χ1) is 10.5. The molecule has 0 aliphatic heterocycles. The molecule has 0 fully saturated rings. The van der Waals surface area contributed by atoms with Crippen molar-refractivity contribution in [3.05, 3.63) is 36.0 Å². The number of aliphatic hydroxyl groups excluding tert-OH is 1. The van der Waals surface area contributed by atoms with Crippen molar-refractivity contribution in [2.75, 3.05) is 6.54 Å². The van der Waals surface area contributed by atoms with Crippen LogP contribution in [0.25, 0.3) is 0 Å². The van der Waals surface area contributed by atoms with Crippen LogP contribution in [-0.4, -0.2) is 35.4 Å². The Balaban J connectivity index is 4.70. The third-order valence-electron chi connectivity index (χ3n) is 2.58. The Morgan fingerprint density at radius 1 is 1.43 bits per heavy atom. The van der Waals surface area contributed by atoms with Gasteiger partial charge >= 0.3 is 6.09 Å². The summed E-state index contributed by atoms with van der Waals surface area (Å²) in [4.78, 5) is 15.7. The molecule has 0 aliphatic carbocycles. The Kier molecular flexibility index (Phi) is 8.95. The molecule has 1 amide bonds. The lowest BCUT2D eigenvalue weighted by Gasteiger charge is -2.19. The first-order valence-electron chi connectivity index (χ1n) is 7.59. The largest absolute Gasteiger partial charge is 0.444 e. The van der Waals surface area contributed by atoms with Crippen LogP contribution in [0.5, 0.6) is 0 Å². The van der Waals surface area contributed by atoms with E-state index in [0.29, 0.717) is 12.1 Å². The molecular formula is C17H29N3O3. The van der Waals surface area contributed by atoms with E-state index in [2.05, 4.69) is 16.9 Å². The lowest BCUT2D eigenvalue weighted by Crippen LogP contribution is -2.40. The third kappa shape index (κ3) is 11.2. The van der Waals surface area contributed by atoms with Gasteiger partial charge in [0.25, 0.3) is 0 Å². The van der Waals surface area contributed by atoms with Crippen molar-refractivity contribution in [1.29, 1.82) is 0 Å². The molecule has 0 saturated heterocycles. The van der Waals surface area contributed by atoms with E-state index < -0.39 is 17.8 Å². The number of nitrogens with zero attached hydrogens (tertiary/aromatic N) is 1. The van der Waals surface area contributed by atoms with Gasteiger partial charge in [-0.1, -0.05) is 31.7 Å². The normalized spacial score (nSPS) is 14.7. The van der Waals surface area contributed by atoms with Crippen molar-refractivity contribution >= 4 is 12.1 Å². The molecular weight excluding hydrogens is 294 g/mol. The number of aliphatic hydroxyl groups is 1. The van der Waals surface area contributed by atoms with Gasteiger partial charge in [-0.2, -0.15) is 0 Å². The van der Waals surface area contributed by atoms with Crippen molar-refractivity contribution in [3.8, 4) is 0 Å². The maximum atomic E-state index is 11.6. The second-order valence-electron chi connectivity index (χ2n) is 6.10. The minimum Gasteiger partial charge on any atom is -0.444 e. The number of carbonyl (C=O) groups excluding carboxylic acids is 1. The molecule has 130 valence electrons. The van der Waals surface area contributed by atoms with Gasteiger partial charge in [-0.15, -0.1) is 0 Å². The number of rotatable bonds is 6. The van der Waals surface area contributed by atoms with Crippen LogP contribution in [0, 0.1) is 0 Å². The molecule has 0 aromatic heterocycles. The summed E-state index contributed by atoms with van der Waals surface area (Å²) in [6.45, 7) is 13.0. The van der Waals surface area contributed by atoms with E-state index in [1.54, 1.807) is 33.8 Å². The topological polar surface area (TPSA) is 96.9 Å². The van der Waals surface area contributed by atoms with E-state index in [4.69, 9.17) is 10.5 Å². The predicted molar refractivity (Wildman–Crippen MR) is 94.2 cm³/mol. The maximum Gasteiger partial charge on any atom is 0.414 e. The van der Waals surface area contributed by atoms with Gasteiger partial charge in [0.05, 0.1) is 12.6 Å². The molecule has 0 radical (unpaired) electrons. The molecule has 0 saturated carbocycles. The van der Waals surface area contributed by atoms with Crippen LogP contribution < -0.4 is 11.1 Å². The van der Waals surface area contributed by atoms with E-state index in [1.807, 2.05) is 19.1 Å². The number of nitrogens with two attached hydrogens (primary N) is 1. The Labute approximate surface area is 138 Å². The van der Waals surface area contributed by atoms with Gasteiger partial charge in [0.2, 0.25) is 0 Å². The molecule has 0 spiro atoms. The average Bonchev–Trinajstić information content (AvgIpc) is 2.38. The SMILES string of the molecule is C=C(/C=C\C(=C/CC)CN=C(N)NC(=O)OC(C)(C)C)C(C)O. The molecule has 6 nitrogen and oxygen atoms in total. The van der Waals surface area contributed by atoms with E-state index in [-0.39, 0.29) is 5.96 Å². The van der Waals surface area contributed by atoms with Crippen LogP contribution >= 0.6 is 0 Å². The van der Waals surface area contributed by atoms with Gasteiger partial charge < -0.3 is 15.6 Å². The molecule has 0 bridgehead atoms. The number of amides is 1. The highest BCUT2D eigenvalue weighted by molar-refractivity contribution is 5.93. The molecule has 0 aromatic carbocycles. The summed E-state index contributed by atoms with van der Waals surface area (Å²) in [5.41, 5.74) is 6.59. The van der Waals surface area contributed by atoms with Crippen molar-refractivity contribution < 1.29 is 14.6 Å². The van der Waals surface area contributed by atoms with Crippen molar-refractivity contribution in [1.82, 2.24) is 5.32 Å². The summed E-state index contributed by atoms with van der Waals surface area (Å²) in [7, 11) is 0. The highest BCUT2D eigenvalue weighted by Gasteiger charge is 2.16. The molecule has 0 aromatic rings. The number of ether oxygens (including phenoxy) is 1. The number of hydrogen-bond donors (Lipinski definition) is 3. The molecule has 0 rings (SSSR count). The standard InChI is InChI=1S/C17H29N3O3/c1-7-8-14(10-9-12(2)13(3)21)11-19-15(18)20-16(22)23-17(4,5)6/h8-10,13,21H,2,7,11H2,1,3-6H3,(H3,18,19,20,22)/b10-9-,14-8+. The Hall–Kier alpha value is -2.08. The van der Waals surface area contributed by atoms with Crippen molar-refractivity contribution in [3.63, 3.8) is 0 Å². The number of carbonyl (C=O) groups is 1. The van der Waals surface area contributed by atoms with Crippen molar-refractivity contribution in [2.24, 2.45) is 10.7 Å². The van der Waals surface area contributed by atoms with E-state index in [1.165, 1.54) is 0 Å². The van der Waals surface area contributed by atoms with Crippen molar-refractivity contribution in [2.45, 2.75) is 52.7 Å². The summed E-state index contributed by atoms with van der Waals surface area (Å²) in [6, 6.07) is 0. The highest BCUT2D eigenvalue weighted by Crippen LogP contribution is 2.07. The van der Waals surface area contributed by atoms with E-state index in [9.17, 15) is 9.90 Å². The molecule has 1 unspecified atom stereocenters. The maximum absolute atomic E-state index is 11.6. The van der Waals surface area contributed by atoms with Gasteiger partial charge in [0, 0.05) is 0 Å². The van der Waals surface area contributed by atoms with Gasteiger partial charge in [-0.05, 0) is 45.3 Å². The van der Waals surface area contributed by atoms with Crippen LogP contribution in [0.1, 0.15) is 41.0 Å². The van der Waals surface area contributed by atoms with Crippen LogP contribution in [0.2, 0.25) is 0 Å². The molecule has 4 N–H and O–H groups in total. The fraction of sp³-hybridized carbons (Fsp3) is 0.529. The Morgan fingerprint density at radius 3 is 2.52 bits per heavy atom. The summed E-state index contributed by atoms with van der Waals surface area (Å²) in [5.74, 6) is -0.0102. The molecule has 0 aliphatic rings. The monoisotopic (exact) mass is 323 g/mol. The quantitative estimate of drug-likeness (QED) is 0.398. The lowest BCUT2D eigenvalue weighted by molar-refractivity contribution is 0.0562. The first-order valence-corrected chi connectivity index (χ1v) is 7.59. The number of nitrogens with one attached hydrogen (secondary N) is 1. The Morgan fingerprint density at radius 2 is 2.04 bits per heavy atom. The molecule has 0 heterocycles. The summed E-state index contributed by atoms with van der Waals surface area (Å²) in [5, 5.41) is 11.8. The number of aliphatic imine (C=N–C) groups is 1. The summed E-state index contributed by atoms with van der Waals surface area (Å²) in [6.07, 6.45) is 5.13. The predicted octanol–water partition coefficient (Wildman–Crippen LogP) is 2.66. The number of alkyl carbamates (subject to hydrolysis) is 1. The smallest absolute Gasteiger partial charge is 0.414 e. The van der Waals surface area contributed by atoms with Gasteiger partial charge in [-0.25, -0.2) is 9.79 Å². The lowest BCUT2D eigenvalue weighted by atomic mass is 10.1. The molecule has 23 heavy (non-hydrogen) atoms. The minimum atomic E-state index is -0.641. The van der Waals surface area contributed by atoms with Crippen LogP contribution in [0.15, 0.2) is 40.9 Å². The zero-order valence-corrected chi connectivity index (χ0v) is 14.7. The van der Waals surface area contributed by atoms with E-state index >= 15 is 0 Å². The summed E-state index contributed by atoms with van der Waals surface area (Å²) < 4.78 is 5.09. The zero-order valence-electron chi connectivity index (χ0n) is 14.7. The highest BCUT2D eigenvalue weighted by atomic mass is 16.6. The minimum absolute atomic E-state index is 0.0102. The van der Waals surface area contributed by atoms with E-state index in [0.717, 1.165) is 12.0 Å². The molecule has 6 heteroatoms. The first kappa shape index (κ1) is 20.9. The fourth-order valence-corrected chi connectivity index (χ4v) is 1.42. The average molecular weight is 323 g/mol. The third-order valence-corrected chi connectivity index (χ3v) is 2.58. The zero-order chi connectivity index (χ0) is 18.0. The van der Waals surface area contributed by atoms with Gasteiger partial charge in [0.15, 0.2) is 5.96 Å². The van der Waals surface area contributed by atoms with Gasteiger partial charge in [-0.3, -0.25) is 5.32 Å². The van der Waals surface area contributed by atoms with Crippen LogP contribution in [0.4, 0.5) is 4.79 Å². The number of hydrogen-bond acceptors (Lipinski definition) is 4. The molecule has 1 atom stereocenters. The van der Waals surface area contributed by atoms with Crippen LogP contribution in [0.3, 0.4) is 0 Å². The van der Waals surface area contributed by atoms with Crippen LogP contribution in [-0.2, 0) is 4.74 Å². The summed E-state index contributed by atoms with van der Waals surface area (Å²) >= 11 is 0.